The van der Waals surface area contributed by atoms with Crippen LogP contribution in [0.4, 0.5) is 0 Å². The van der Waals surface area contributed by atoms with E-state index < -0.39 is 0 Å². The number of hydrogen-bond acceptors (Lipinski definition) is 3. The van der Waals surface area contributed by atoms with Crippen LogP contribution < -0.4 is 10.1 Å². The van der Waals surface area contributed by atoms with Crippen molar-refractivity contribution in [2.75, 3.05) is 13.7 Å². The van der Waals surface area contributed by atoms with Gasteiger partial charge in [-0.15, -0.1) is 0 Å². The highest BCUT2D eigenvalue weighted by Crippen LogP contribution is 2.28. The minimum atomic E-state index is 0.0742. The summed E-state index contributed by atoms with van der Waals surface area (Å²) in [7, 11) is 1.65. The quantitative estimate of drug-likeness (QED) is 0.706. The number of nitrogens with one attached hydrogen (secondary N) is 1. The largest absolute Gasteiger partial charge is 0.497 e. The molecular weight excluding hydrogens is 166 g/mol. The fourth-order valence-electron chi connectivity index (χ4n) is 1.69. The Hall–Kier alpha value is -1.06. The molecule has 3 nitrogen and oxygen atoms in total. The van der Waals surface area contributed by atoms with E-state index in [0.717, 1.165) is 17.9 Å². The average molecular weight is 179 g/mol. The molecular formula is C10H13NO2. The van der Waals surface area contributed by atoms with Gasteiger partial charge in [0.05, 0.1) is 19.8 Å². The van der Waals surface area contributed by atoms with Gasteiger partial charge in [0.15, 0.2) is 0 Å². The molecule has 3 heteroatoms. The van der Waals surface area contributed by atoms with Crippen LogP contribution in [0.2, 0.25) is 0 Å². The van der Waals surface area contributed by atoms with Crippen LogP contribution in [0.1, 0.15) is 17.2 Å². The molecule has 0 saturated heterocycles. The number of fused-ring (bicyclic) bond motifs is 1. The van der Waals surface area contributed by atoms with Crippen LogP contribution in [-0.2, 0) is 6.54 Å². The summed E-state index contributed by atoms with van der Waals surface area (Å²) in [6, 6.07) is 6.04. The van der Waals surface area contributed by atoms with E-state index in [1.807, 2.05) is 18.2 Å². The van der Waals surface area contributed by atoms with Gasteiger partial charge < -0.3 is 15.2 Å². The number of hydrogen-bond donors (Lipinski definition) is 2. The highest BCUT2D eigenvalue weighted by Gasteiger charge is 2.20. The topological polar surface area (TPSA) is 41.5 Å². The second-order valence-electron chi connectivity index (χ2n) is 3.18. The smallest absolute Gasteiger partial charge is 0.119 e. The molecule has 0 spiro atoms. The summed E-state index contributed by atoms with van der Waals surface area (Å²) >= 11 is 0. The van der Waals surface area contributed by atoms with E-state index in [4.69, 9.17) is 9.84 Å². The zero-order chi connectivity index (χ0) is 9.26. The van der Waals surface area contributed by atoms with Crippen LogP contribution in [0.5, 0.6) is 5.75 Å². The summed E-state index contributed by atoms with van der Waals surface area (Å²) in [6.45, 7) is 0.977. The van der Waals surface area contributed by atoms with E-state index >= 15 is 0 Å². The molecule has 1 aliphatic heterocycles. The van der Waals surface area contributed by atoms with Crippen molar-refractivity contribution < 1.29 is 9.84 Å². The SMILES string of the molecule is COc1ccc2c(c1)[C@@H](CO)NC2. The van der Waals surface area contributed by atoms with Gasteiger partial charge in [-0.25, -0.2) is 0 Å². The molecule has 0 amide bonds. The molecule has 0 radical (unpaired) electrons. The van der Waals surface area contributed by atoms with E-state index in [-0.39, 0.29) is 12.6 Å². The summed E-state index contributed by atoms with van der Waals surface area (Å²) in [6.07, 6.45) is 0. The maximum absolute atomic E-state index is 9.07. The molecule has 2 rings (SSSR count). The second kappa shape index (κ2) is 3.36. The second-order valence-corrected chi connectivity index (χ2v) is 3.18. The van der Waals surface area contributed by atoms with Gasteiger partial charge in [-0.3, -0.25) is 0 Å². The lowest BCUT2D eigenvalue weighted by Crippen LogP contribution is -2.15. The molecule has 1 aliphatic rings. The van der Waals surface area contributed by atoms with Gasteiger partial charge >= 0.3 is 0 Å². The molecule has 1 atom stereocenters. The van der Waals surface area contributed by atoms with E-state index in [0.29, 0.717) is 0 Å². The molecule has 70 valence electrons. The molecule has 1 heterocycles. The standard InChI is InChI=1S/C10H13NO2/c1-13-8-3-2-7-5-11-10(6-12)9(7)4-8/h2-4,10-12H,5-6H2,1H3/t10-/m1/s1. The highest BCUT2D eigenvalue weighted by atomic mass is 16.5. The van der Waals surface area contributed by atoms with Crippen molar-refractivity contribution in [1.29, 1.82) is 0 Å². The zero-order valence-corrected chi connectivity index (χ0v) is 7.58. The molecule has 0 aliphatic carbocycles. The van der Waals surface area contributed by atoms with Crippen molar-refractivity contribution >= 4 is 0 Å². The minimum Gasteiger partial charge on any atom is -0.497 e. The zero-order valence-electron chi connectivity index (χ0n) is 7.58. The highest BCUT2D eigenvalue weighted by molar-refractivity contribution is 5.40. The third-order valence-electron chi connectivity index (χ3n) is 2.45. The van der Waals surface area contributed by atoms with Gasteiger partial charge in [-0.2, -0.15) is 0 Å². The Morgan fingerprint density at radius 3 is 3.15 bits per heavy atom. The first-order valence-corrected chi connectivity index (χ1v) is 4.36. The monoisotopic (exact) mass is 179 g/mol. The Morgan fingerprint density at radius 1 is 1.62 bits per heavy atom. The fourth-order valence-corrected chi connectivity index (χ4v) is 1.69. The Labute approximate surface area is 77.3 Å². The summed E-state index contributed by atoms with van der Waals surface area (Å²) < 4.78 is 5.12. The normalized spacial score (nSPS) is 20.0. The van der Waals surface area contributed by atoms with E-state index in [1.54, 1.807) is 7.11 Å². The third kappa shape index (κ3) is 1.41. The summed E-state index contributed by atoms with van der Waals surface area (Å²) in [5, 5.41) is 12.3. The van der Waals surface area contributed by atoms with Gasteiger partial charge in [0.2, 0.25) is 0 Å². The number of ether oxygens (including phenoxy) is 1. The first kappa shape index (κ1) is 8.53. The van der Waals surface area contributed by atoms with Crippen LogP contribution in [0.25, 0.3) is 0 Å². The number of benzene rings is 1. The average Bonchev–Trinajstić information content (AvgIpc) is 2.59. The predicted octanol–water partition coefficient (Wildman–Crippen LogP) is 0.832. The van der Waals surface area contributed by atoms with Gasteiger partial charge in [0.25, 0.3) is 0 Å². The lowest BCUT2D eigenvalue weighted by Gasteiger charge is -2.08. The van der Waals surface area contributed by atoms with Gasteiger partial charge in [0.1, 0.15) is 5.75 Å². The summed E-state index contributed by atoms with van der Waals surface area (Å²) in [5.41, 5.74) is 2.40. The van der Waals surface area contributed by atoms with Gasteiger partial charge in [-0.1, -0.05) is 6.07 Å². The van der Waals surface area contributed by atoms with Crippen molar-refractivity contribution in [3.8, 4) is 5.75 Å². The van der Waals surface area contributed by atoms with E-state index in [1.165, 1.54) is 5.56 Å². The van der Waals surface area contributed by atoms with Gasteiger partial charge in [-0.05, 0) is 23.3 Å². The van der Waals surface area contributed by atoms with Crippen molar-refractivity contribution in [3.05, 3.63) is 29.3 Å². The molecule has 13 heavy (non-hydrogen) atoms. The lowest BCUT2D eigenvalue weighted by atomic mass is 10.1. The molecule has 0 aromatic heterocycles. The molecule has 1 aromatic rings. The van der Waals surface area contributed by atoms with Crippen LogP contribution in [0, 0.1) is 0 Å². The Bertz CT molecular complexity index is 312. The molecule has 1 aromatic carbocycles. The summed E-state index contributed by atoms with van der Waals surface area (Å²) in [5.74, 6) is 0.848. The Kier molecular flexibility index (Phi) is 2.20. The van der Waals surface area contributed by atoms with Crippen molar-refractivity contribution in [3.63, 3.8) is 0 Å². The Morgan fingerprint density at radius 2 is 2.46 bits per heavy atom. The lowest BCUT2D eigenvalue weighted by molar-refractivity contribution is 0.251. The molecule has 0 unspecified atom stereocenters. The first-order valence-electron chi connectivity index (χ1n) is 4.36. The van der Waals surface area contributed by atoms with E-state index in [9.17, 15) is 0 Å². The predicted molar refractivity (Wildman–Crippen MR) is 49.7 cm³/mol. The fraction of sp³-hybridized carbons (Fsp3) is 0.400. The number of rotatable bonds is 2. The maximum atomic E-state index is 9.07. The molecule has 2 N–H and O–H groups in total. The maximum Gasteiger partial charge on any atom is 0.119 e. The Balaban J connectivity index is 2.37. The van der Waals surface area contributed by atoms with E-state index in [2.05, 4.69) is 5.32 Å². The van der Waals surface area contributed by atoms with Crippen LogP contribution in [0.3, 0.4) is 0 Å². The number of aliphatic hydroxyl groups excluding tert-OH is 1. The number of aliphatic hydroxyl groups is 1. The van der Waals surface area contributed by atoms with Crippen LogP contribution in [-0.4, -0.2) is 18.8 Å². The summed E-state index contributed by atoms with van der Waals surface area (Å²) in [4.78, 5) is 0. The van der Waals surface area contributed by atoms with Crippen molar-refractivity contribution in [1.82, 2.24) is 5.32 Å². The minimum absolute atomic E-state index is 0.0742. The van der Waals surface area contributed by atoms with Gasteiger partial charge in [0, 0.05) is 6.54 Å². The first-order chi connectivity index (χ1) is 6.35. The molecule has 0 saturated carbocycles. The molecule has 0 bridgehead atoms. The third-order valence-corrected chi connectivity index (χ3v) is 2.45. The van der Waals surface area contributed by atoms with Crippen molar-refractivity contribution in [2.45, 2.75) is 12.6 Å². The van der Waals surface area contributed by atoms with Crippen molar-refractivity contribution in [2.24, 2.45) is 0 Å². The molecule has 0 fully saturated rings. The number of methoxy groups -OCH3 is 1. The van der Waals surface area contributed by atoms with Crippen LogP contribution in [0.15, 0.2) is 18.2 Å². The van der Waals surface area contributed by atoms with Crippen LogP contribution >= 0.6 is 0 Å².